The van der Waals surface area contributed by atoms with Crippen LogP contribution in [0.1, 0.15) is 47.7 Å². The first-order valence-electron chi connectivity index (χ1n) is 10.1. The smallest absolute Gasteiger partial charge is 0.322 e. The number of nitrogens with zero attached hydrogens (tertiary/aromatic N) is 4. The summed E-state index contributed by atoms with van der Waals surface area (Å²) in [5.74, 6) is 1.26. The Morgan fingerprint density at radius 1 is 1.28 bits per heavy atom. The Bertz CT molecular complexity index is 1090. The summed E-state index contributed by atoms with van der Waals surface area (Å²) in [5.41, 5.74) is 6.40. The molecule has 1 aliphatic carbocycles. The predicted molar refractivity (Wildman–Crippen MR) is 109 cm³/mol. The Kier molecular flexibility index (Phi) is 4.30. The van der Waals surface area contributed by atoms with Crippen LogP contribution in [-0.4, -0.2) is 27.7 Å². The third-order valence-corrected chi connectivity index (χ3v) is 5.79. The van der Waals surface area contributed by atoms with E-state index in [0.717, 1.165) is 48.2 Å². The Balaban J connectivity index is 1.34. The number of hydrogen-bond acceptors (Lipinski definition) is 5. The molecule has 148 valence electrons. The molecule has 3 heterocycles. The van der Waals surface area contributed by atoms with Gasteiger partial charge in [0.1, 0.15) is 0 Å². The summed E-state index contributed by atoms with van der Waals surface area (Å²) in [4.78, 5) is 23.6. The maximum Gasteiger partial charge on any atom is 0.322 e. The SMILES string of the molecule is CCc1nc(-c2ccc3c(c2)CCC3NC(=O)N2CCc3cnc(C)cc32)no1. The van der Waals surface area contributed by atoms with Crippen molar-refractivity contribution in [2.75, 3.05) is 11.4 Å². The van der Waals surface area contributed by atoms with Crippen molar-refractivity contribution in [3.05, 3.63) is 58.7 Å². The minimum atomic E-state index is -0.0398. The first-order chi connectivity index (χ1) is 14.1. The van der Waals surface area contributed by atoms with Gasteiger partial charge in [-0.2, -0.15) is 4.98 Å². The molecule has 1 atom stereocenters. The van der Waals surface area contributed by atoms with E-state index in [0.29, 0.717) is 18.3 Å². The molecule has 0 spiro atoms. The molecule has 1 aromatic carbocycles. The third kappa shape index (κ3) is 3.16. The second-order valence-corrected chi connectivity index (χ2v) is 7.68. The van der Waals surface area contributed by atoms with E-state index in [4.69, 9.17) is 4.52 Å². The average molecular weight is 389 g/mol. The van der Waals surface area contributed by atoms with Gasteiger partial charge >= 0.3 is 6.03 Å². The largest absolute Gasteiger partial charge is 0.339 e. The highest BCUT2D eigenvalue weighted by Gasteiger charge is 2.30. The third-order valence-electron chi connectivity index (χ3n) is 5.79. The molecule has 5 rings (SSSR count). The zero-order valence-electron chi connectivity index (χ0n) is 16.6. The Morgan fingerprint density at radius 3 is 3.00 bits per heavy atom. The molecule has 7 nitrogen and oxygen atoms in total. The number of carbonyl (C=O) groups is 1. The van der Waals surface area contributed by atoms with Crippen LogP contribution in [0.15, 0.2) is 35.0 Å². The lowest BCUT2D eigenvalue weighted by atomic mass is 10.0. The average Bonchev–Trinajstić information content (AvgIpc) is 3.45. The number of rotatable bonds is 3. The van der Waals surface area contributed by atoms with E-state index in [2.05, 4.69) is 32.6 Å². The summed E-state index contributed by atoms with van der Waals surface area (Å²) >= 11 is 0. The van der Waals surface area contributed by atoms with Gasteiger partial charge in [0.05, 0.1) is 11.7 Å². The number of fused-ring (bicyclic) bond motifs is 2. The van der Waals surface area contributed by atoms with E-state index in [9.17, 15) is 4.79 Å². The molecule has 29 heavy (non-hydrogen) atoms. The molecule has 0 radical (unpaired) electrons. The molecule has 2 aromatic heterocycles. The Labute approximate surface area is 169 Å². The van der Waals surface area contributed by atoms with Crippen LogP contribution in [-0.2, 0) is 19.3 Å². The zero-order valence-corrected chi connectivity index (χ0v) is 16.6. The van der Waals surface area contributed by atoms with Crippen LogP contribution in [0.4, 0.5) is 10.5 Å². The number of pyridine rings is 1. The van der Waals surface area contributed by atoms with Crippen LogP contribution in [0.25, 0.3) is 11.4 Å². The van der Waals surface area contributed by atoms with Crippen LogP contribution >= 0.6 is 0 Å². The Hall–Kier alpha value is -3.22. The van der Waals surface area contributed by atoms with Crippen LogP contribution < -0.4 is 10.2 Å². The maximum atomic E-state index is 13.0. The van der Waals surface area contributed by atoms with Gasteiger partial charge in [-0.15, -0.1) is 0 Å². The van der Waals surface area contributed by atoms with E-state index in [1.54, 1.807) is 0 Å². The van der Waals surface area contributed by atoms with Crippen LogP contribution in [0.3, 0.4) is 0 Å². The van der Waals surface area contributed by atoms with Crippen molar-refractivity contribution in [1.82, 2.24) is 20.4 Å². The minimum Gasteiger partial charge on any atom is -0.339 e. The number of anilines is 1. The van der Waals surface area contributed by atoms with Crippen LogP contribution in [0, 0.1) is 6.92 Å². The molecule has 7 heteroatoms. The molecular formula is C22H23N5O2. The molecule has 1 aliphatic heterocycles. The monoisotopic (exact) mass is 389 g/mol. The van der Waals surface area contributed by atoms with E-state index in [1.807, 2.05) is 37.1 Å². The first kappa shape index (κ1) is 17.8. The van der Waals surface area contributed by atoms with Crippen molar-refractivity contribution in [2.45, 2.75) is 45.6 Å². The van der Waals surface area contributed by atoms with Gasteiger partial charge in [-0.05, 0) is 55.0 Å². The summed E-state index contributed by atoms with van der Waals surface area (Å²) in [6.45, 7) is 4.64. The molecule has 0 bridgehead atoms. The quantitative estimate of drug-likeness (QED) is 0.737. The summed E-state index contributed by atoms with van der Waals surface area (Å²) in [6.07, 6.45) is 5.28. The lowest BCUT2D eigenvalue weighted by Gasteiger charge is -2.22. The molecular weight excluding hydrogens is 366 g/mol. The van der Waals surface area contributed by atoms with E-state index in [1.165, 1.54) is 11.1 Å². The number of nitrogens with one attached hydrogen (secondary N) is 1. The molecule has 2 amide bonds. The molecule has 0 fully saturated rings. The van der Waals surface area contributed by atoms with Gasteiger partial charge in [-0.25, -0.2) is 4.79 Å². The van der Waals surface area contributed by atoms with Gasteiger partial charge in [-0.3, -0.25) is 9.88 Å². The molecule has 3 aromatic rings. The lowest BCUT2D eigenvalue weighted by molar-refractivity contribution is 0.243. The molecule has 0 saturated heterocycles. The van der Waals surface area contributed by atoms with Gasteiger partial charge < -0.3 is 9.84 Å². The normalized spacial score (nSPS) is 17.3. The highest BCUT2D eigenvalue weighted by Crippen LogP contribution is 2.35. The lowest BCUT2D eigenvalue weighted by Crippen LogP contribution is -2.40. The first-order valence-corrected chi connectivity index (χ1v) is 10.1. The molecule has 1 N–H and O–H groups in total. The second-order valence-electron chi connectivity index (χ2n) is 7.68. The highest BCUT2D eigenvalue weighted by atomic mass is 16.5. The Morgan fingerprint density at radius 2 is 2.17 bits per heavy atom. The summed E-state index contributed by atoms with van der Waals surface area (Å²) in [7, 11) is 0. The fraction of sp³-hybridized carbons (Fsp3) is 0.364. The second kappa shape index (κ2) is 6.99. The van der Waals surface area contributed by atoms with Crippen LogP contribution in [0.5, 0.6) is 0 Å². The fourth-order valence-corrected chi connectivity index (χ4v) is 4.23. The maximum absolute atomic E-state index is 13.0. The summed E-state index contributed by atoms with van der Waals surface area (Å²) < 4.78 is 5.23. The molecule has 1 unspecified atom stereocenters. The van der Waals surface area contributed by atoms with Crippen molar-refractivity contribution < 1.29 is 9.32 Å². The number of aryl methyl sites for hydroxylation is 3. The minimum absolute atomic E-state index is 0.0232. The van der Waals surface area contributed by atoms with Gasteiger partial charge in [0, 0.05) is 30.4 Å². The van der Waals surface area contributed by atoms with E-state index < -0.39 is 0 Å². The van der Waals surface area contributed by atoms with Gasteiger partial charge in [0.25, 0.3) is 0 Å². The van der Waals surface area contributed by atoms with Gasteiger partial charge in [0.2, 0.25) is 11.7 Å². The highest BCUT2D eigenvalue weighted by molar-refractivity contribution is 5.94. The van der Waals surface area contributed by atoms with Crippen molar-refractivity contribution >= 4 is 11.7 Å². The summed E-state index contributed by atoms with van der Waals surface area (Å²) in [5, 5.41) is 7.29. The topological polar surface area (TPSA) is 84.2 Å². The zero-order chi connectivity index (χ0) is 20.0. The molecule has 2 aliphatic rings. The number of carbonyl (C=O) groups excluding carboxylic acids is 1. The van der Waals surface area contributed by atoms with Crippen molar-refractivity contribution in [3.63, 3.8) is 0 Å². The standard InChI is InChI=1S/C22H23N5O2/c1-3-20-25-21(26-29-20)15-4-6-17-14(11-15)5-7-18(17)24-22(28)27-9-8-16-12-23-13(2)10-19(16)27/h4,6,10-12,18H,3,5,7-9H2,1-2H3,(H,24,28). The number of amides is 2. The molecule has 0 saturated carbocycles. The predicted octanol–water partition coefficient (Wildman–Crippen LogP) is 3.76. The van der Waals surface area contributed by atoms with E-state index in [-0.39, 0.29) is 12.1 Å². The van der Waals surface area contributed by atoms with Crippen molar-refractivity contribution in [3.8, 4) is 11.4 Å². The van der Waals surface area contributed by atoms with Crippen molar-refractivity contribution in [1.29, 1.82) is 0 Å². The van der Waals surface area contributed by atoms with Crippen molar-refractivity contribution in [2.24, 2.45) is 0 Å². The van der Waals surface area contributed by atoms with E-state index >= 15 is 0 Å². The van der Waals surface area contributed by atoms with Gasteiger partial charge in [0.15, 0.2) is 0 Å². The summed E-state index contributed by atoms with van der Waals surface area (Å²) in [6, 6.07) is 8.18. The number of hydrogen-bond donors (Lipinski definition) is 1. The number of urea groups is 1. The number of benzene rings is 1. The van der Waals surface area contributed by atoms with Gasteiger partial charge in [-0.1, -0.05) is 24.2 Å². The van der Waals surface area contributed by atoms with Crippen LogP contribution in [0.2, 0.25) is 0 Å². The fourth-order valence-electron chi connectivity index (χ4n) is 4.23. The number of aromatic nitrogens is 3.